The minimum atomic E-state index is -2.74. The fourth-order valence-electron chi connectivity index (χ4n) is 2.61. The molecule has 0 aliphatic carbocycles. The molecule has 33 heavy (non-hydrogen) atoms. The molecule has 11 nitrogen and oxygen atoms in total. The first-order valence-electron chi connectivity index (χ1n) is 10.8. The molecule has 0 rings (SSSR count). The van der Waals surface area contributed by atoms with Gasteiger partial charge in [0.15, 0.2) is 5.60 Å². The third kappa shape index (κ3) is 24.3. The summed E-state index contributed by atoms with van der Waals surface area (Å²) < 4.78 is 4.82. The van der Waals surface area contributed by atoms with E-state index in [1.165, 1.54) is 44.9 Å². The molecular weight excluding hydrogens is 467 g/mol. The van der Waals surface area contributed by atoms with Gasteiger partial charge in [0.05, 0.1) is 19.4 Å². The number of unbranched alkanes of at least 4 members (excludes halogenated alkanes) is 8. The second kappa shape index (κ2) is 23.2. The van der Waals surface area contributed by atoms with Gasteiger partial charge in [-0.25, -0.2) is 4.79 Å². The van der Waals surface area contributed by atoms with Gasteiger partial charge >= 0.3 is 75.3 Å². The predicted octanol–water partition coefficient (Wildman–Crippen LogP) is 0.907. The van der Waals surface area contributed by atoms with Gasteiger partial charge in [-0.1, -0.05) is 58.3 Å². The molecule has 12 heteroatoms. The summed E-state index contributed by atoms with van der Waals surface area (Å²) in [5.74, 6) is -5.30. The van der Waals surface area contributed by atoms with Crippen molar-refractivity contribution in [1.82, 2.24) is 0 Å². The third-order valence-corrected chi connectivity index (χ3v) is 4.42. The number of hydrogen-bond acceptors (Lipinski definition) is 8. The average molecular weight is 507 g/mol. The molecule has 0 spiro atoms. The van der Waals surface area contributed by atoms with E-state index in [-0.39, 0.29) is 70.6 Å². The van der Waals surface area contributed by atoms with Gasteiger partial charge in [0.2, 0.25) is 0 Å². The van der Waals surface area contributed by atoms with E-state index in [0.29, 0.717) is 6.42 Å². The minimum absolute atomic E-state index is 0. The Morgan fingerprint density at radius 1 is 0.818 bits per heavy atom. The molecule has 0 saturated carbocycles. The van der Waals surface area contributed by atoms with Crippen molar-refractivity contribution in [2.45, 2.75) is 95.7 Å². The van der Waals surface area contributed by atoms with Crippen LogP contribution in [0.3, 0.4) is 0 Å². The quantitative estimate of drug-likeness (QED) is 0.0877. The van der Waals surface area contributed by atoms with Gasteiger partial charge in [0, 0.05) is 6.42 Å². The van der Waals surface area contributed by atoms with E-state index >= 15 is 0 Å². The maximum atomic E-state index is 11.3. The van der Waals surface area contributed by atoms with E-state index in [2.05, 4.69) is 6.92 Å². The molecule has 0 fully saturated rings. The Morgan fingerprint density at radius 3 is 1.61 bits per heavy atom. The normalized spacial score (nSPS) is 11.4. The molecule has 1 unspecified atom stereocenters. The number of aliphatic carboxylic acids is 3. The first kappa shape index (κ1) is 37.0. The van der Waals surface area contributed by atoms with Crippen molar-refractivity contribution in [3.05, 3.63) is 0 Å². The number of hydrogen-bond donors (Lipinski definition) is 6. The molecule has 0 heterocycles. The second-order valence-electron chi connectivity index (χ2n) is 7.58. The van der Waals surface area contributed by atoms with Gasteiger partial charge in [-0.2, -0.15) is 0 Å². The summed E-state index contributed by atoms with van der Waals surface area (Å²) in [4.78, 5) is 41.7. The van der Waals surface area contributed by atoms with Crippen LogP contribution in [0.25, 0.3) is 0 Å². The van der Waals surface area contributed by atoms with Gasteiger partial charge in [0.25, 0.3) is 0 Å². The Hall–Kier alpha value is -0.604. The standard InChI is InChI=1S/C15H30O4.C6H8O7.K.H/c1-2-3-4-5-6-7-8-9-10-11-15(18)19-13-14(17)12-16;7-3(8)1-6(13,5(11)12)2-4(9)10;;/h14,16-17H,2-13H2,1H3;13H,1-2H2,(H,7,8)(H,9,10)(H,11,12);;. The molecule has 0 aliphatic heterocycles. The van der Waals surface area contributed by atoms with Crippen LogP contribution in [0, 0.1) is 0 Å². The summed E-state index contributed by atoms with van der Waals surface area (Å²) in [5.41, 5.74) is -2.74. The number of carbonyl (C=O) groups excluding carboxylic acids is 1. The molecule has 6 N–H and O–H groups in total. The topological polar surface area (TPSA) is 199 Å². The zero-order chi connectivity index (χ0) is 25.0. The van der Waals surface area contributed by atoms with Crippen molar-refractivity contribution in [3.63, 3.8) is 0 Å². The van der Waals surface area contributed by atoms with Gasteiger partial charge in [-0.15, -0.1) is 0 Å². The molecule has 1 atom stereocenters. The summed E-state index contributed by atoms with van der Waals surface area (Å²) in [7, 11) is 0. The van der Waals surface area contributed by atoms with E-state index < -0.39 is 42.5 Å². The van der Waals surface area contributed by atoms with E-state index in [9.17, 15) is 19.2 Å². The summed E-state index contributed by atoms with van der Waals surface area (Å²) in [6.07, 6.45) is 8.11. The number of aliphatic hydroxyl groups is 3. The maximum absolute atomic E-state index is 11.3. The number of ether oxygens (including phenoxy) is 1. The van der Waals surface area contributed by atoms with Gasteiger partial charge < -0.3 is 35.4 Å². The Morgan fingerprint density at radius 2 is 1.24 bits per heavy atom. The van der Waals surface area contributed by atoms with Crippen molar-refractivity contribution >= 4 is 75.3 Å². The summed E-state index contributed by atoms with van der Waals surface area (Å²) in [6.45, 7) is 1.75. The van der Waals surface area contributed by atoms with Gasteiger partial charge in [-0.05, 0) is 6.42 Å². The zero-order valence-electron chi connectivity index (χ0n) is 18.7. The van der Waals surface area contributed by atoms with E-state index in [0.717, 1.165) is 12.8 Å². The Balaban J connectivity index is -0.000000566. The van der Waals surface area contributed by atoms with Crippen LogP contribution in [0.15, 0.2) is 0 Å². The SMILES string of the molecule is CCCCCCCCCCCC(=O)OCC(O)CO.O=C(O)CC(O)(CC(=O)O)C(=O)O.[KH]. The van der Waals surface area contributed by atoms with E-state index in [4.69, 9.17) is 35.4 Å². The number of rotatable bonds is 18. The molecule has 0 saturated heterocycles. The van der Waals surface area contributed by atoms with Crippen molar-refractivity contribution in [2.75, 3.05) is 13.2 Å². The van der Waals surface area contributed by atoms with Crippen LogP contribution in [0.5, 0.6) is 0 Å². The van der Waals surface area contributed by atoms with Crippen LogP contribution < -0.4 is 0 Å². The van der Waals surface area contributed by atoms with Gasteiger partial charge in [-0.3, -0.25) is 14.4 Å². The zero-order valence-corrected chi connectivity index (χ0v) is 18.7. The predicted molar refractivity (Wildman–Crippen MR) is 120 cm³/mol. The molecule has 0 aromatic rings. The van der Waals surface area contributed by atoms with Crippen LogP contribution in [-0.2, 0) is 23.9 Å². The van der Waals surface area contributed by atoms with Crippen LogP contribution in [0.1, 0.15) is 84.0 Å². The monoisotopic (exact) mass is 506 g/mol. The fourth-order valence-corrected chi connectivity index (χ4v) is 2.61. The van der Waals surface area contributed by atoms with Crippen molar-refractivity contribution < 1.29 is 54.6 Å². The van der Waals surface area contributed by atoms with Crippen LogP contribution in [-0.4, -0.2) is 131 Å². The molecule has 190 valence electrons. The molecule has 0 amide bonds. The number of carbonyl (C=O) groups is 4. The molecule has 0 radical (unpaired) electrons. The van der Waals surface area contributed by atoms with Gasteiger partial charge in [0.1, 0.15) is 12.7 Å². The van der Waals surface area contributed by atoms with E-state index in [1.54, 1.807) is 0 Å². The van der Waals surface area contributed by atoms with Crippen molar-refractivity contribution in [1.29, 1.82) is 0 Å². The summed E-state index contributed by atoms with van der Waals surface area (Å²) in [5, 5.41) is 51.4. The van der Waals surface area contributed by atoms with Crippen molar-refractivity contribution in [3.8, 4) is 0 Å². The fraction of sp³-hybridized carbons (Fsp3) is 0.810. The number of carboxylic acids is 3. The number of carboxylic acid groups (broad SMARTS) is 3. The third-order valence-electron chi connectivity index (χ3n) is 4.42. The summed E-state index contributed by atoms with van der Waals surface area (Å²) >= 11 is 0. The number of esters is 1. The molecule has 0 aromatic carbocycles. The van der Waals surface area contributed by atoms with Crippen LogP contribution in [0.2, 0.25) is 0 Å². The van der Waals surface area contributed by atoms with Crippen LogP contribution >= 0.6 is 0 Å². The number of aliphatic hydroxyl groups excluding tert-OH is 2. The molecule has 0 bridgehead atoms. The van der Waals surface area contributed by atoms with Crippen molar-refractivity contribution in [2.24, 2.45) is 0 Å². The first-order chi connectivity index (χ1) is 15.0. The molecule has 0 aromatic heterocycles. The van der Waals surface area contributed by atoms with E-state index in [1.807, 2.05) is 0 Å². The Kier molecular flexibility index (Phi) is 25.9. The Labute approximate surface area is 236 Å². The molecule has 0 aliphatic rings. The Bertz CT molecular complexity index is 538. The molecular formula is C21H39KO11. The first-order valence-corrected chi connectivity index (χ1v) is 10.8. The second-order valence-corrected chi connectivity index (χ2v) is 7.58. The van der Waals surface area contributed by atoms with Crippen LogP contribution in [0.4, 0.5) is 0 Å². The summed E-state index contributed by atoms with van der Waals surface area (Å²) in [6, 6.07) is 0. The average Bonchev–Trinajstić information content (AvgIpc) is 2.69.